The summed E-state index contributed by atoms with van der Waals surface area (Å²) in [7, 11) is 0. The van der Waals surface area contributed by atoms with Crippen molar-refractivity contribution in [3.05, 3.63) is 39.7 Å². The van der Waals surface area contributed by atoms with Crippen molar-refractivity contribution in [2.75, 3.05) is 13.1 Å². The first-order chi connectivity index (χ1) is 10.6. The van der Waals surface area contributed by atoms with Gasteiger partial charge >= 0.3 is 6.09 Å². The van der Waals surface area contributed by atoms with Gasteiger partial charge in [-0.05, 0) is 32.9 Å². The lowest BCUT2D eigenvalue weighted by Crippen LogP contribution is -2.38. The van der Waals surface area contributed by atoms with Crippen molar-refractivity contribution in [2.24, 2.45) is 0 Å². The average Bonchev–Trinajstić information content (AvgIpc) is 2.41. The average molecular weight is 327 g/mol. The van der Waals surface area contributed by atoms with E-state index in [-0.39, 0.29) is 18.7 Å². The van der Waals surface area contributed by atoms with Crippen LogP contribution in [0, 0.1) is 15.9 Å². The topological polar surface area (TPSA) is 111 Å². The molecule has 0 aromatic heterocycles. The van der Waals surface area contributed by atoms with E-state index in [1.54, 1.807) is 20.8 Å². The predicted octanol–water partition coefficient (Wildman–Crippen LogP) is 1.99. The number of rotatable bonds is 5. The molecule has 0 aliphatic carbocycles. The number of nitro benzene ring substituents is 1. The number of alkyl carbamates (subject to hydrolysis) is 1. The predicted molar refractivity (Wildman–Crippen MR) is 79.6 cm³/mol. The monoisotopic (exact) mass is 327 g/mol. The van der Waals surface area contributed by atoms with Gasteiger partial charge in [-0.2, -0.15) is 0 Å². The minimum absolute atomic E-state index is 0.00570. The zero-order valence-corrected chi connectivity index (χ0v) is 13.0. The summed E-state index contributed by atoms with van der Waals surface area (Å²) in [5.74, 6) is -1.56. The Balaban J connectivity index is 2.54. The molecular weight excluding hydrogens is 309 g/mol. The molecule has 0 aliphatic rings. The van der Waals surface area contributed by atoms with E-state index in [0.29, 0.717) is 0 Å². The molecule has 0 bridgehead atoms. The second kappa shape index (κ2) is 7.52. The molecule has 8 nitrogen and oxygen atoms in total. The Morgan fingerprint density at radius 3 is 2.43 bits per heavy atom. The number of nitrogens with one attached hydrogen (secondary N) is 2. The number of carbonyl (C=O) groups excluding carboxylic acids is 2. The number of hydrogen-bond donors (Lipinski definition) is 2. The Hall–Kier alpha value is -2.71. The molecule has 126 valence electrons. The molecule has 0 spiro atoms. The van der Waals surface area contributed by atoms with Crippen LogP contribution in [0.5, 0.6) is 0 Å². The van der Waals surface area contributed by atoms with Gasteiger partial charge in [-0.1, -0.05) is 0 Å². The summed E-state index contributed by atoms with van der Waals surface area (Å²) in [5, 5.41) is 15.6. The Bertz CT molecular complexity index is 613. The second-order valence-electron chi connectivity index (χ2n) is 5.60. The van der Waals surface area contributed by atoms with Gasteiger partial charge in [0.15, 0.2) is 0 Å². The van der Waals surface area contributed by atoms with E-state index in [1.807, 2.05) is 0 Å². The number of ether oxygens (including phenoxy) is 1. The molecule has 0 unspecified atom stereocenters. The normalized spacial score (nSPS) is 10.8. The van der Waals surface area contributed by atoms with Crippen molar-refractivity contribution >= 4 is 17.7 Å². The fraction of sp³-hybridized carbons (Fsp3) is 0.429. The summed E-state index contributed by atoms with van der Waals surface area (Å²) < 4.78 is 18.1. The summed E-state index contributed by atoms with van der Waals surface area (Å²) in [6, 6.07) is 2.61. The number of halogens is 1. The van der Waals surface area contributed by atoms with E-state index in [9.17, 15) is 24.1 Å². The molecule has 9 heteroatoms. The molecule has 0 radical (unpaired) electrons. The van der Waals surface area contributed by atoms with Gasteiger partial charge in [0.2, 0.25) is 0 Å². The van der Waals surface area contributed by atoms with Crippen LogP contribution in [-0.2, 0) is 4.74 Å². The Morgan fingerprint density at radius 2 is 1.87 bits per heavy atom. The maximum atomic E-state index is 13.1. The molecular formula is C14H18FN3O5. The molecule has 0 atom stereocenters. The van der Waals surface area contributed by atoms with E-state index in [2.05, 4.69) is 10.6 Å². The van der Waals surface area contributed by atoms with Crippen LogP contribution in [0.1, 0.15) is 31.1 Å². The summed E-state index contributed by atoms with van der Waals surface area (Å²) in [5.41, 5.74) is -1.52. The van der Waals surface area contributed by atoms with Gasteiger partial charge in [0.05, 0.1) is 4.92 Å². The summed E-state index contributed by atoms with van der Waals surface area (Å²) in [4.78, 5) is 33.3. The van der Waals surface area contributed by atoms with Gasteiger partial charge in [0.1, 0.15) is 17.0 Å². The molecule has 0 aliphatic heterocycles. The molecule has 0 saturated carbocycles. The SMILES string of the molecule is CC(C)(C)OC(=O)NCCNC(=O)c1cc(F)ccc1[N+](=O)[O-]. The smallest absolute Gasteiger partial charge is 0.407 e. The number of hydrogen-bond acceptors (Lipinski definition) is 5. The number of benzene rings is 1. The Kier molecular flexibility index (Phi) is 6.00. The molecule has 0 fully saturated rings. The van der Waals surface area contributed by atoms with Gasteiger partial charge in [-0.15, -0.1) is 0 Å². The van der Waals surface area contributed by atoms with Gasteiger partial charge in [-0.25, -0.2) is 9.18 Å². The lowest BCUT2D eigenvalue weighted by molar-refractivity contribution is -0.385. The van der Waals surface area contributed by atoms with Crippen LogP contribution in [0.2, 0.25) is 0 Å². The summed E-state index contributed by atoms with van der Waals surface area (Å²) in [6.45, 7) is 5.18. The van der Waals surface area contributed by atoms with Gasteiger partial charge in [-0.3, -0.25) is 14.9 Å². The van der Waals surface area contributed by atoms with E-state index in [0.717, 1.165) is 18.2 Å². The first-order valence-electron chi connectivity index (χ1n) is 6.79. The number of nitrogens with zero attached hydrogens (tertiary/aromatic N) is 1. The van der Waals surface area contributed by atoms with Crippen molar-refractivity contribution in [2.45, 2.75) is 26.4 Å². The van der Waals surface area contributed by atoms with Gasteiger partial charge in [0.25, 0.3) is 11.6 Å². The van der Waals surface area contributed by atoms with Crippen molar-refractivity contribution in [3.63, 3.8) is 0 Å². The van der Waals surface area contributed by atoms with E-state index < -0.39 is 34.0 Å². The molecule has 1 aromatic rings. The third kappa shape index (κ3) is 6.29. The molecule has 0 heterocycles. The number of amides is 2. The van der Waals surface area contributed by atoms with Crippen LogP contribution in [0.15, 0.2) is 18.2 Å². The molecule has 0 saturated heterocycles. The van der Waals surface area contributed by atoms with Crippen molar-refractivity contribution < 1.29 is 23.6 Å². The van der Waals surface area contributed by atoms with Crippen LogP contribution in [0.3, 0.4) is 0 Å². The fourth-order valence-electron chi connectivity index (χ4n) is 1.60. The van der Waals surface area contributed by atoms with E-state index in [4.69, 9.17) is 4.74 Å². The summed E-state index contributed by atoms with van der Waals surface area (Å²) >= 11 is 0. The fourth-order valence-corrected chi connectivity index (χ4v) is 1.60. The molecule has 2 amide bonds. The zero-order valence-electron chi connectivity index (χ0n) is 13.0. The second-order valence-corrected chi connectivity index (χ2v) is 5.60. The van der Waals surface area contributed by atoms with Crippen LogP contribution in [0.25, 0.3) is 0 Å². The maximum Gasteiger partial charge on any atom is 0.407 e. The molecule has 1 aromatic carbocycles. The van der Waals surface area contributed by atoms with Crippen molar-refractivity contribution in [3.8, 4) is 0 Å². The highest BCUT2D eigenvalue weighted by atomic mass is 19.1. The minimum atomic E-state index is -0.804. The summed E-state index contributed by atoms with van der Waals surface area (Å²) in [6.07, 6.45) is -0.650. The lowest BCUT2D eigenvalue weighted by Gasteiger charge is -2.19. The third-order valence-corrected chi connectivity index (χ3v) is 2.48. The number of carbonyl (C=O) groups is 2. The molecule has 23 heavy (non-hydrogen) atoms. The quantitative estimate of drug-likeness (QED) is 0.488. The molecule has 1 rings (SSSR count). The zero-order chi connectivity index (χ0) is 17.6. The van der Waals surface area contributed by atoms with Crippen molar-refractivity contribution in [1.82, 2.24) is 10.6 Å². The van der Waals surface area contributed by atoms with E-state index >= 15 is 0 Å². The minimum Gasteiger partial charge on any atom is -0.444 e. The van der Waals surface area contributed by atoms with Crippen LogP contribution in [-0.4, -0.2) is 35.6 Å². The first kappa shape index (κ1) is 18.3. The van der Waals surface area contributed by atoms with Gasteiger partial charge < -0.3 is 15.4 Å². The largest absolute Gasteiger partial charge is 0.444 e. The standard InChI is InChI=1S/C14H18FN3O5/c1-14(2,3)23-13(20)17-7-6-16-12(19)10-8-9(15)4-5-11(10)18(21)22/h4-5,8H,6-7H2,1-3H3,(H,16,19)(H,17,20). The highest BCUT2D eigenvalue weighted by Crippen LogP contribution is 2.19. The highest BCUT2D eigenvalue weighted by Gasteiger charge is 2.21. The van der Waals surface area contributed by atoms with Crippen molar-refractivity contribution in [1.29, 1.82) is 0 Å². The van der Waals surface area contributed by atoms with Crippen LogP contribution >= 0.6 is 0 Å². The molecule has 2 N–H and O–H groups in total. The maximum absolute atomic E-state index is 13.1. The van der Waals surface area contributed by atoms with Gasteiger partial charge in [0, 0.05) is 19.2 Å². The van der Waals surface area contributed by atoms with E-state index in [1.165, 1.54) is 0 Å². The number of nitro groups is 1. The van der Waals surface area contributed by atoms with Crippen LogP contribution in [0.4, 0.5) is 14.9 Å². The Morgan fingerprint density at radius 1 is 1.26 bits per heavy atom. The van der Waals surface area contributed by atoms with Crippen LogP contribution < -0.4 is 10.6 Å². The third-order valence-electron chi connectivity index (χ3n) is 2.48. The lowest BCUT2D eigenvalue weighted by atomic mass is 10.1. The Labute approximate surface area is 132 Å². The first-order valence-corrected chi connectivity index (χ1v) is 6.79. The highest BCUT2D eigenvalue weighted by molar-refractivity contribution is 5.98.